The predicted molar refractivity (Wildman–Crippen MR) is 100 cm³/mol. The number of nitrogens with zero attached hydrogens (tertiary/aromatic N) is 3. The Balaban J connectivity index is 1.70. The maximum absolute atomic E-state index is 13.1. The molecule has 26 heavy (non-hydrogen) atoms. The van der Waals surface area contributed by atoms with Crippen LogP contribution in [0.5, 0.6) is 0 Å². The van der Waals surface area contributed by atoms with Gasteiger partial charge in [0.25, 0.3) is 5.56 Å². The number of thioether (sulfide) groups is 1. The molecular formula is C18H12ClFN4OS. The molecule has 4 rings (SSSR count). The molecule has 2 aromatic carbocycles. The Bertz CT molecular complexity index is 1140. The third kappa shape index (κ3) is 3.36. The molecule has 0 spiro atoms. The van der Waals surface area contributed by atoms with Crippen LogP contribution in [0.1, 0.15) is 5.56 Å². The van der Waals surface area contributed by atoms with Crippen LogP contribution in [0.25, 0.3) is 16.8 Å². The van der Waals surface area contributed by atoms with Crippen LogP contribution >= 0.6 is 23.4 Å². The smallest absolute Gasteiger partial charge is 0.266 e. The summed E-state index contributed by atoms with van der Waals surface area (Å²) in [4.78, 5) is 12.1. The van der Waals surface area contributed by atoms with Crippen molar-refractivity contribution in [3.05, 3.63) is 81.4 Å². The fourth-order valence-corrected chi connectivity index (χ4v) is 3.58. The normalized spacial score (nSPS) is 11.2. The van der Waals surface area contributed by atoms with Gasteiger partial charge in [-0.1, -0.05) is 35.5 Å². The Morgan fingerprint density at radius 3 is 2.73 bits per heavy atom. The second kappa shape index (κ2) is 6.93. The average molecular weight is 387 g/mol. The summed E-state index contributed by atoms with van der Waals surface area (Å²) in [6, 6.07) is 15.2. The summed E-state index contributed by atoms with van der Waals surface area (Å²) in [5.41, 5.74) is 2.38. The Morgan fingerprint density at radius 1 is 1.15 bits per heavy atom. The number of H-pyrrole nitrogens is 1. The van der Waals surface area contributed by atoms with E-state index in [1.165, 1.54) is 28.4 Å². The Kier molecular flexibility index (Phi) is 4.48. The van der Waals surface area contributed by atoms with Gasteiger partial charge in [0.2, 0.25) is 5.16 Å². The van der Waals surface area contributed by atoms with E-state index in [1.54, 1.807) is 18.2 Å². The minimum absolute atomic E-state index is 0.324. The van der Waals surface area contributed by atoms with Crippen molar-refractivity contribution in [2.75, 3.05) is 0 Å². The molecule has 0 aliphatic heterocycles. The zero-order chi connectivity index (χ0) is 18.1. The van der Waals surface area contributed by atoms with Gasteiger partial charge >= 0.3 is 0 Å². The molecule has 0 radical (unpaired) electrons. The van der Waals surface area contributed by atoms with Crippen molar-refractivity contribution in [1.29, 1.82) is 0 Å². The molecule has 2 aromatic heterocycles. The SMILES string of the molecule is O=c1[nH]nc(SCc2cccc(Cl)c2)n2nc(-c3ccc(F)cc3)cc12. The molecule has 0 aliphatic carbocycles. The molecule has 8 heteroatoms. The van der Waals surface area contributed by atoms with Crippen LogP contribution in [-0.2, 0) is 5.75 Å². The molecule has 0 saturated heterocycles. The fraction of sp³-hybridized carbons (Fsp3) is 0.0556. The van der Waals surface area contributed by atoms with Crippen LogP contribution in [0.2, 0.25) is 5.02 Å². The van der Waals surface area contributed by atoms with E-state index in [-0.39, 0.29) is 11.4 Å². The van der Waals surface area contributed by atoms with E-state index in [1.807, 2.05) is 24.3 Å². The topological polar surface area (TPSA) is 63.0 Å². The van der Waals surface area contributed by atoms with Crippen molar-refractivity contribution in [3.8, 4) is 11.3 Å². The van der Waals surface area contributed by atoms with Crippen molar-refractivity contribution in [3.63, 3.8) is 0 Å². The monoisotopic (exact) mass is 386 g/mol. The van der Waals surface area contributed by atoms with Crippen LogP contribution in [0, 0.1) is 5.82 Å². The lowest BCUT2D eigenvalue weighted by atomic mass is 10.1. The first-order chi connectivity index (χ1) is 12.6. The molecule has 0 bridgehead atoms. The first-order valence-electron chi connectivity index (χ1n) is 7.72. The van der Waals surface area contributed by atoms with E-state index in [2.05, 4.69) is 15.3 Å². The van der Waals surface area contributed by atoms with Crippen molar-refractivity contribution in [2.45, 2.75) is 10.9 Å². The maximum Gasteiger partial charge on any atom is 0.290 e. The zero-order valence-corrected chi connectivity index (χ0v) is 14.9. The number of rotatable bonds is 4. The van der Waals surface area contributed by atoms with E-state index in [0.717, 1.165) is 11.1 Å². The minimum atomic E-state index is -0.335. The number of benzene rings is 2. The second-order valence-electron chi connectivity index (χ2n) is 5.59. The van der Waals surface area contributed by atoms with Gasteiger partial charge in [0.1, 0.15) is 11.3 Å². The van der Waals surface area contributed by atoms with Gasteiger partial charge in [-0.25, -0.2) is 14.0 Å². The summed E-state index contributed by atoms with van der Waals surface area (Å²) in [5.74, 6) is 0.301. The van der Waals surface area contributed by atoms with Crippen LogP contribution in [0.15, 0.2) is 64.5 Å². The van der Waals surface area contributed by atoms with E-state index in [0.29, 0.717) is 27.1 Å². The summed E-state index contributed by atoms with van der Waals surface area (Å²) in [5, 5.41) is 12.3. The van der Waals surface area contributed by atoms with Crippen LogP contribution in [0.4, 0.5) is 4.39 Å². The standard InChI is InChI=1S/C18H12ClFN4OS/c19-13-3-1-2-11(8-13)10-26-18-22-21-17(25)16-9-15(23-24(16)18)12-4-6-14(20)7-5-12/h1-9H,10H2,(H,21,25). The first kappa shape index (κ1) is 16.8. The third-order valence-electron chi connectivity index (χ3n) is 3.77. The molecule has 130 valence electrons. The average Bonchev–Trinajstić information content (AvgIpc) is 3.08. The molecule has 5 nitrogen and oxygen atoms in total. The van der Waals surface area contributed by atoms with Gasteiger partial charge in [-0.3, -0.25) is 4.79 Å². The summed E-state index contributed by atoms with van der Waals surface area (Å²) in [6.07, 6.45) is 0. The van der Waals surface area contributed by atoms with Crippen molar-refractivity contribution >= 4 is 28.9 Å². The van der Waals surface area contributed by atoms with Gasteiger partial charge in [0, 0.05) is 16.3 Å². The van der Waals surface area contributed by atoms with Crippen molar-refractivity contribution in [1.82, 2.24) is 19.8 Å². The Labute approximate surface area is 156 Å². The van der Waals surface area contributed by atoms with E-state index >= 15 is 0 Å². The Morgan fingerprint density at radius 2 is 1.96 bits per heavy atom. The third-order valence-corrected chi connectivity index (χ3v) is 5.01. The van der Waals surface area contributed by atoms with E-state index < -0.39 is 0 Å². The lowest BCUT2D eigenvalue weighted by Gasteiger charge is -2.03. The number of fused-ring (bicyclic) bond motifs is 1. The van der Waals surface area contributed by atoms with Crippen LogP contribution in [-0.4, -0.2) is 19.8 Å². The van der Waals surface area contributed by atoms with Gasteiger partial charge < -0.3 is 0 Å². The lowest BCUT2D eigenvalue weighted by molar-refractivity contribution is 0.628. The van der Waals surface area contributed by atoms with Crippen molar-refractivity contribution < 1.29 is 4.39 Å². The van der Waals surface area contributed by atoms with Gasteiger partial charge in [0.05, 0.1) is 5.69 Å². The number of aromatic nitrogens is 4. The number of nitrogens with one attached hydrogen (secondary N) is 1. The van der Waals surface area contributed by atoms with E-state index in [9.17, 15) is 9.18 Å². The summed E-state index contributed by atoms with van der Waals surface area (Å²) in [6.45, 7) is 0. The number of hydrogen-bond donors (Lipinski definition) is 1. The number of halogens is 2. The predicted octanol–water partition coefficient (Wildman–Crippen LogP) is 4.17. The highest BCUT2D eigenvalue weighted by Gasteiger charge is 2.12. The minimum Gasteiger partial charge on any atom is -0.266 e. The summed E-state index contributed by atoms with van der Waals surface area (Å²) < 4.78 is 14.6. The fourth-order valence-electron chi connectivity index (χ4n) is 2.52. The number of hydrogen-bond acceptors (Lipinski definition) is 4. The van der Waals surface area contributed by atoms with E-state index in [4.69, 9.17) is 11.6 Å². The van der Waals surface area contributed by atoms with Gasteiger partial charge in [-0.15, -0.1) is 5.10 Å². The van der Waals surface area contributed by atoms with Crippen molar-refractivity contribution in [2.24, 2.45) is 0 Å². The molecule has 4 aromatic rings. The molecule has 0 aliphatic rings. The highest BCUT2D eigenvalue weighted by atomic mass is 35.5. The molecule has 0 fully saturated rings. The second-order valence-corrected chi connectivity index (χ2v) is 6.97. The molecule has 0 atom stereocenters. The maximum atomic E-state index is 13.1. The molecule has 0 amide bonds. The highest BCUT2D eigenvalue weighted by Crippen LogP contribution is 2.24. The van der Waals surface area contributed by atoms with Crippen LogP contribution < -0.4 is 5.56 Å². The first-order valence-corrected chi connectivity index (χ1v) is 9.08. The summed E-state index contributed by atoms with van der Waals surface area (Å²) >= 11 is 7.44. The molecule has 2 heterocycles. The quantitative estimate of drug-likeness (QED) is 0.535. The van der Waals surface area contributed by atoms with Gasteiger partial charge in [0.15, 0.2) is 0 Å². The highest BCUT2D eigenvalue weighted by molar-refractivity contribution is 7.98. The van der Waals surface area contributed by atoms with Gasteiger partial charge in [-0.05, 0) is 48.0 Å². The zero-order valence-electron chi connectivity index (χ0n) is 13.3. The number of aromatic amines is 1. The lowest BCUT2D eigenvalue weighted by Crippen LogP contribution is -2.13. The molecule has 0 unspecified atom stereocenters. The Hall–Kier alpha value is -2.64. The molecule has 1 N–H and O–H groups in total. The molecular weight excluding hydrogens is 375 g/mol. The molecule has 0 saturated carbocycles. The summed E-state index contributed by atoms with van der Waals surface area (Å²) in [7, 11) is 0. The largest absolute Gasteiger partial charge is 0.290 e. The van der Waals surface area contributed by atoms with Crippen LogP contribution in [0.3, 0.4) is 0 Å². The van der Waals surface area contributed by atoms with Gasteiger partial charge in [-0.2, -0.15) is 5.10 Å².